The van der Waals surface area contributed by atoms with Crippen LogP contribution in [0.3, 0.4) is 0 Å². The van der Waals surface area contributed by atoms with E-state index in [1.165, 1.54) is 12.1 Å². The number of nitriles is 1. The zero-order valence-corrected chi connectivity index (χ0v) is 10.9. The second-order valence-electron chi connectivity index (χ2n) is 4.32. The average molecular weight is 285 g/mol. The van der Waals surface area contributed by atoms with Gasteiger partial charge in [-0.05, 0) is 35.9 Å². The molecule has 2 rings (SSSR count). The number of alkyl halides is 3. The molecule has 0 unspecified atom stereocenters. The van der Waals surface area contributed by atoms with Crippen LogP contribution in [0, 0.1) is 23.2 Å². The van der Waals surface area contributed by atoms with Crippen molar-refractivity contribution in [3.8, 4) is 17.9 Å². The molecule has 0 radical (unpaired) electrons. The molecule has 1 nitrogen and oxygen atoms in total. The zero-order chi connectivity index (χ0) is 15.3. The molecule has 4 heteroatoms. The fourth-order valence-corrected chi connectivity index (χ4v) is 1.76. The number of rotatable bonds is 1. The van der Waals surface area contributed by atoms with Crippen molar-refractivity contribution < 1.29 is 13.2 Å². The largest absolute Gasteiger partial charge is 0.416 e. The predicted octanol–water partition coefficient (Wildman–Crippen LogP) is 4.17. The van der Waals surface area contributed by atoms with Gasteiger partial charge in [-0.25, -0.2) is 0 Å². The summed E-state index contributed by atoms with van der Waals surface area (Å²) < 4.78 is 37.3. The first kappa shape index (κ1) is 14.7. The highest BCUT2D eigenvalue weighted by atomic mass is 19.4. The van der Waals surface area contributed by atoms with E-state index in [1.807, 2.05) is 6.07 Å². The second kappa shape index (κ2) is 6.15. The maximum absolute atomic E-state index is 12.4. The van der Waals surface area contributed by atoms with Crippen LogP contribution in [0.1, 0.15) is 22.3 Å². The SMILES string of the molecule is N#CCc1ccccc1C#Cc1ccc(C(F)(F)F)cc1. The van der Waals surface area contributed by atoms with Gasteiger partial charge in [0.25, 0.3) is 0 Å². The van der Waals surface area contributed by atoms with Gasteiger partial charge in [0.2, 0.25) is 0 Å². The van der Waals surface area contributed by atoms with Gasteiger partial charge in [0, 0.05) is 11.1 Å². The summed E-state index contributed by atoms with van der Waals surface area (Å²) >= 11 is 0. The van der Waals surface area contributed by atoms with Crippen molar-refractivity contribution in [3.63, 3.8) is 0 Å². The van der Waals surface area contributed by atoms with Crippen LogP contribution in [0.4, 0.5) is 13.2 Å². The lowest BCUT2D eigenvalue weighted by Gasteiger charge is -2.05. The normalized spacial score (nSPS) is 10.4. The van der Waals surface area contributed by atoms with Gasteiger partial charge in [-0.3, -0.25) is 0 Å². The molecule has 0 aliphatic carbocycles. The minimum atomic E-state index is -4.34. The highest BCUT2D eigenvalue weighted by molar-refractivity contribution is 5.47. The zero-order valence-electron chi connectivity index (χ0n) is 10.9. The first-order valence-electron chi connectivity index (χ1n) is 6.15. The maximum Gasteiger partial charge on any atom is 0.416 e. The standard InChI is InChI=1S/C17H10F3N/c18-17(19,20)16-9-6-13(7-10-16)5-8-14-3-1-2-4-15(14)11-12-21/h1-4,6-7,9-10H,11H2. The van der Waals surface area contributed by atoms with E-state index in [9.17, 15) is 13.2 Å². The van der Waals surface area contributed by atoms with Crippen LogP contribution in [0.2, 0.25) is 0 Å². The van der Waals surface area contributed by atoms with Crippen LogP contribution >= 0.6 is 0 Å². The van der Waals surface area contributed by atoms with Crippen molar-refractivity contribution >= 4 is 0 Å². The van der Waals surface area contributed by atoms with E-state index >= 15 is 0 Å². The van der Waals surface area contributed by atoms with Crippen LogP contribution in [0.25, 0.3) is 0 Å². The number of hydrogen-bond acceptors (Lipinski definition) is 1. The summed E-state index contributed by atoms with van der Waals surface area (Å²) in [6, 6.07) is 13.9. The van der Waals surface area contributed by atoms with Crippen molar-refractivity contribution in [2.75, 3.05) is 0 Å². The molecular formula is C17H10F3N. The van der Waals surface area contributed by atoms with Crippen molar-refractivity contribution in [2.45, 2.75) is 12.6 Å². The summed E-state index contributed by atoms with van der Waals surface area (Å²) in [5.74, 6) is 5.70. The first-order valence-corrected chi connectivity index (χ1v) is 6.15. The summed E-state index contributed by atoms with van der Waals surface area (Å²) in [5.41, 5.74) is 1.31. The van der Waals surface area contributed by atoms with E-state index in [0.717, 1.165) is 17.7 Å². The molecule has 0 heterocycles. The number of hydrogen-bond donors (Lipinski definition) is 0. The number of benzene rings is 2. The van der Waals surface area contributed by atoms with Gasteiger partial charge in [-0.2, -0.15) is 18.4 Å². The van der Waals surface area contributed by atoms with E-state index in [4.69, 9.17) is 5.26 Å². The first-order chi connectivity index (χ1) is 10.0. The second-order valence-corrected chi connectivity index (χ2v) is 4.32. The van der Waals surface area contributed by atoms with Gasteiger partial charge in [0.15, 0.2) is 0 Å². The monoisotopic (exact) mass is 285 g/mol. The molecule has 0 bridgehead atoms. The minimum absolute atomic E-state index is 0.248. The molecule has 21 heavy (non-hydrogen) atoms. The molecule has 104 valence electrons. The van der Waals surface area contributed by atoms with Gasteiger partial charge in [0.1, 0.15) is 0 Å². The Balaban J connectivity index is 2.26. The van der Waals surface area contributed by atoms with Crippen molar-refractivity contribution in [1.82, 2.24) is 0 Å². The Bertz CT molecular complexity index is 726. The van der Waals surface area contributed by atoms with Gasteiger partial charge in [0.05, 0.1) is 18.1 Å². The Morgan fingerprint density at radius 1 is 0.905 bits per heavy atom. The summed E-state index contributed by atoms with van der Waals surface area (Å²) in [5, 5.41) is 8.73. The third kappa shape index (κ3) is 3.87. The topological polar surface area (TPSA) is 23.8 Å². The van der Waals surface area contributed by atoms with Crippen LogP contribution in [-0.2, 0) is 12.6 Å². The molecule has 2 aromatic carbocycles. The van der Waals surface area contributed by atoms with E-state index in [2.05, 4.69) is 17.9 Å². The molecule has 0 amide bonds. The Kier molecular flexibility index (Phi) is 4.30. The highest BCUT2D eigenvalue weighted by Gasteiger charge is 2.29. The van der Waals surface area contributed by atoms with E-state index < -0.39 is 11.7 Å². The van der Waals surface area contributed by atoms with E-state index in [-0.39, 0.29) is 6.42 Å². The molecule has 0 saturated heterocycles. The van der Waals surface area contributed by atoms with E-state index in [1.54, 1.807) is 18.2 Å². The van der Waals surface area contributed by atoms with Crippen molar-refractivity contribution in [2.24, 2.45) is 0 Å². The molecule has 2 aromatic rings. The smallest absolute Gasteiger partial charge is 0.198 e. The molecular weight excluding hydrogens is 275 g/mol. The lowest BCUT2D eigenvalue weighted by atomic mass is 10.0. The fraction of sp³-hybridized carbons (Fsp3) is 0.118. The average Bonchev–Trinajstić information content (AvgIpc) is 2.46. The lowest BCUT2D eigenvalue weighted by Crippen LogP contribution is -2.04. The molecule has 0 fully saturated rings. The summed E-state index contributed by atoms with van der Waals surface area (Å²) in [7, 11) is 0. The van der Waals surface area contributed by atoms with Crippen LogP contribution < -0.4 is 0 Å². The predicted molar refractivity (Wildman–Crippen MR) is 73.2 cm³/mol. The van der Waals surface area contributed by atoms with E-state index in [0.29, 0.717) is 11.1 Å². The van der Waals surface area contributed by atoms with Crippen LogP contribution in [0.5, 0.6) is 0 Å². The number of nitrogens with zero attached hydrogens (tertiary/aromatic N) is 1. The molecule has 0 aliphatic rings. The lowest BCUT2D eigenvalue weighted by molar-refractivity contribution is -0.137. The summed E-state index contributed by atoms with van der Waals surface area (Å²) in [6.45, 7) is 0. The quantitative estimate of drug-likeness (QED) is 0.721. The molecule has 0 N–H and O–H groups in total. The molecule has 0 aromatic heterocycles. The Morgan fingerprint density at radius 2 is 1.57 bits per heavy atom. The van der Waals surface area contributed by atoms with Gasteiger partial charge >= 0.3 is 6.18 Å². The summed E-state index contributed by atoms with van der Waals surface area (Å²) in [4.78, 5) is 0. The van der Waals surface area contributed by atoms with Gasteiger partial charge in [-0.1, -0.05) is 30.0 Å². The summed E-state index contributed by atoms with van der Waals surface area (Å²) in [6.07, 6.45) is -4.09. The Morgan fingerprint density at radius 3 is 2.19 bits per heavy atom. The molecule has 0 atom stereocenters. The third-order valence-electron chi connectivity index (χ3n) is 2.84. The third-order valence-corrected chi connectivity index (χ3v) is 2.84. The number of halogens is 3. The maximum atomic E-state index is 12.4. The van der Waals surface area contributed by atoms with Gasteiger partial charge in [-0.15, -0.1) is 0 Å². The Labute approximate surface area is 120 Å². The highest BCUT2D eigenvalue weighted by Crippen LogP contribution is 2.28. The minimum Gasteiger partial charge on any atom is -0.198 e. The van der Waals surface area contributed by atoms with Crippen molar-refractivity contribution in [3.05, 3.63) is 70.8 Å². The van der Waals surface area contributed by atoms with Gasteiger partial charge < -0.3 is 0 Å². The molecule has 0 saturated carbocycles. The van der Waals surface area contributed by atoms with Crippen LogP contribution in [0.15, 0.2) is 48.5 Å². The van der Waals surface area contributed by atoms with Crippen LogP contribution in [-0.4, -0.2) is 0 Å². The van der Waals surface area contributed by atoms with Crippen molar-refractivity contribution in [1.29, 1.82) is 5.26 Å². The molecule has 0 aliphatic heterocycles. The Hall–Kier alpha value is -2.72. The molecule has 0 spiro atoms. The fourth-order valence-electron chi connectivity index (χ4n) is 1.76.